The molecule has 75 heavy (non-hydrogen) atoms. The molecule has 406 valence electrons. The van der Waals surface area contributed by atoms with Crippen molar-refractivity contribution in [1.29, 1.82) is 0 Å². The first-order valence-electron chi connectivity index (χ1n) is 22.8. The fourth-order valence-corrected chi connectivity index (χ4v) is 10.2. The lowest BCUT2D eigenvalue weighted by Crippen LogP contribution is -2.52. The molecular weight excluding hydrogens is 1040 g/mol. The maximum absolute atomic E-state index is 13.6. The largest absolute Gasteiger partial charge is 0.472 e. The number of nitrogen functional groups attached to an aromatic ring is 1. The van der Waals surface area contributed by atoms with Gasteiger partial charge in [-0.2, -0.15) is 4.98 Å². The highest BCUT2D eigenvalue weighted by Crippen LogP contribution is 2.54. The van der Waals surface area contributed by atoms with Gasteiger partial charge in [-0.1, -0.05) is 26.0 Å². The molecule has 2 bridgehead atoms. The van der Waals surface area contributed by atoms with E-state index in [1.54, 1.807) is 19.2 Å². The van der Waals surface area contributed by atoms with Crippen LogP contribution in [0.4, 0.5) is 27.0 Å². The van der Waals surface area contributed by atoms with Crippen LogP contribution in [0.1, 0.15) is 44.7 Å². The molecule has 5 amide bonds. The van der Waals surface area contributed by atoms with Crippen molar-refractivity contribution in [2.24, 2.45) is 11.7 Å². The number of imidazole rings is 2. The number of phosphoric acid groups is 2. The number of anilines is 3. The molecule has 4 aromatic heterocycles. The van der Waals surface area contributed by atoms with Crippen LogP contribution in [0.25, 0.3) is 22.3 Å². The van der Waals surface area contributed by atoms with Crippen LogP contribution in [0.15, 0.2) is 48.0 Å². The van der Waals surface area contributed by atoms with E-state index >= 15 is 0 Å². The number of likely N-dealkylation sites (N-methyl/N-ethyl adjacent to an activating group) is 1. The van der Waals surface area contributed by atoms with Gasteiger partial charge >= 0.3 is 27.8 Å². The van der Waals surface area contributed by atoms with Gasteiger partial charge in [0.2, 0.25) is 17.8 Å². The molecule has 3 fully saturated rings. The number of aliphatic hydroxyl groups excluding tert-OH is 2. The Morgan fingerprint density at radius 2 is 1.52 bits per heavy atom. The number of primary amides is 1. The summed E-state index contributed by atoms with van der Waals surface area (Å²) in [6, 6.07) is 3.88. The van der Waals surface area contributed by atoms with Crippen LogP contribution < -0.4 is 43.6 Å². The topological polar surface area (TPSA) is 467 Å². The van der Waals surface area contributed by atoms with Crippen LogP contribution in [-0.4, -0.2) is 158 Å². The maximum atomic E-state index is 13.6. The van der Waals surface area contributed by atoms with Crippen molar-refractivity contribution in [1.82, 2.24) is 55.0 Å². The third-order valence-electron chi connectivity index (χ3n) is 12.0. The van der Waals surface area contributed by atoms with Crippen molar-refractivity contribution in [3.05, 3.63) is 59.2 Å². The molecule has 3 aliphatic heterocycles. The van der Waals surface area contributed by atoms with Gasteiger partial charge in [0.15, 0.2) is 35.1 Å². The molecule has 33 nitrogen and oxygen atoms in total. The Morgan fingerprint density at radius 3 is 2.20 bits per heavy atom. The summed E-state index contributed by atoms with van der Waals surface area (Å²) in [6.45, 7) is 1.71. The fourth-order valence-electron chi connectivity index (χ4n) is 8.35. The van der Waals surface area contributed by atoms with Crippen LogP contribution in [-0.2, 0) is 57.6 Å². The number of urea groups is 1. The molecule has 3 saturated heterocycles. The van der Waals surface area contributed by atoms with Gasteiger partial charge in [0.1, 0.15) is 61.1 Å². The highest BCUT2D eigenvalue weighted by molar-refractivity contribution is 7.47. The predicted molar refractivity (Wildman–Crippen MR) is 254 cm³/mol. The number of aromatic amines is 1. The lowest BCUT2D eigenvalue weighted by molar-refractivity contribution is -0.128. The number of hydrogen-bond acceptors (Lipinski definition) is 23. The summed E-state index contributed by atoms with van der Waals surface area (Å²) in [5.74, 6) is -1.48. The van der Waals surface area contributed by atoms with Crippen LogP contribution >= 0.6 is 15.6 Å². The van der Waals surface area contributed by atoms with E-state index in [0.717, 1.165) is 17.2 Å². The number of carbonyl (C=O) groups excluding carboxylic acids is 4. The van der Waals surface area contributed by atoms with E-state index in [1.807, 2.05) is 13.8 Å². The number of hydrogen-bond donors (Lipinski definition) is 12. The number of benzene rings is 1. The number of nitrogens with one attached hydrogen (secondary N) is 6. The quantitative estimate of drug-likeness (QED) is 0.0439. The first-order chi connectivity index (χ1) is 35.6. The zero-order valence-electron chi connectivity index (χ0n) is 39.8. The number of phosphoric ester groups is 2. The lowest BCUT2D eigenvalue weighted by atomic mass is 10.0. The molecule has 7 heterocycles. The molecule has 12 atom stereocenters. The van der Waals surface area contributed by atoms with Gasteiger partial charge in [-0.3, -0.25) is 51.9 Å². The highest BCUT2D eigenvalue weighted by Gasteiger charge is 2.54. The maximum Gasteiger partial charge on any atom is 0.472 e. The third kappa shape index (κ3) is 12.6. The monoisotopic (exact) mass is 1090 g/mol. The molecular formula is C40H53N15O18P2. The molecule has 0 radical (unpaired) electrons. The van der Waals surface area contributed by atoms with Gasteiger partial charge in [0, 0.05) is 12.2 Å². The number of nitrogens with zero attached hydrogens (tertiary/aromatic N) is 7. The molecule has 5 aromatic rings. The van der Waals surface area contributed by atoms with E-state index in [0.29, 0.717) is 17.7 Å². The Hall–Kier alpha value is -6.58. The summed E-state index contributed by atoms with van der Waals surface area (Å²) in [7, 11) is -8.87. The summed E-state index contributed by atoms with van der Waals surface area (Å²) in [5, 5.41) is 35.8. The predicted octanol–water partition coefficient (Wildman–Crippen LogP) is -1.06. The standard InChI is InChI=1S/C40H53N15O18P2/c1-17(2)23(43-3)34(59)50-20(5-4-10-44-38(42)61)33(58)49-19-8-6-18(7-9-19)11-67-40(62)53-39-51-32-25(35(60)52-39)48-16-55(32)37-29-26(56)21(70-37)12-68-74(63,64)72-28-22(13-69-75(65,66)73-29)71-36(27(28)57)54-15-47-24-30(41)45-14-46-31(24)54/h6-9,14-17,20-23,26-29,36-37,43,56-57H,4-5,10-13H2,1-3H3,(H,49,58)(H,50,59)(H,63,64)(H,65,66)(H2,41,45,46)(H3,42,44,61)(H2,51,52,53,60,62)/t20-,21+,22+,23-,26+,27+,28+,29+,36+,37+/m0/s1. The first kappa shape index (κ1) is 54.7. The van der Waals surface area contributed by atoms with Crippen molar-refractivity contribution in [2.75, 3.05) is 43.2 Å². The third-order valence-corrected chi connectivity index (χ3v) is 13.9. The number of aromatic nitrogens is 8. The molecule has 0 aliphatic carbocycles. The lowest BCUT2D eigenvalue weighted by Gasteiger charge is -2.25. The molecule has 35 heteroatoms. The van der Waals surface area contributed by atoms with Crippen molar-refractivity contribution in [2.45, 2.75) is 94.5 Å². The summed E-state index contributed by atoms with van der Waals surface area (Å²) in [5.41, 5.74) is 10.5. The highest BCUT2D eigenvalue weighted by atomic mass is 31.2. The molecule has 1 aromatic carbocycles. The van der Waals surface area contributed by atoms with E-state index in [1.165, 1.54) is 23.0 Å². The van der Waals surface area contributed by atoms with Crippen LogP contribution in [0.5, 0.6) is 0 Å². The normalized spacial score (nSPS) is 27.8. The smallest absolute Gasteiger partial charge is 0.444 e. The molecule has 0 spiro atoms. The Balaban J connectivity index is 0.923. The first-order valence-corrected chi connectivity index (χ1v) is 25.8. The van der Waals surface area contributed by atoms with E-state index in [9.17, 15) is 53.1 Å². The average molecular weight is 1090 g/mol. The number of amides is 5. The van der Waals surface area contributed by atoms with Crippen molar-refractivity contribution < 1.29 is 80.6 Å². The second-order valence-corrected chi connectivity index (χ2v) is 20.3. The summed E-state index contributed by atoms with van der Waals surface area (Å²) >= 11 is 0. The van der Waals surface area contributed by atoms with E-state index in [4.69, 9.17) is 43.8 Å². The zero-order chi connectivity index (χ0) is 53.9. The average Bonchev–Trinajstić information content (AvgIpc) is 4.12. The summed E-state index contributed by atoms with van der Waals surface area (Å²) in [4.78, 5) is 108. The minimum Gasteiger partial charge on any atom is -0.444 e. The van der Waals surface area contributed by atoms with Gasteiger partial charge in [0.05, 0.1) is 31.9 Å². The van der Waals surface area contributed by atoms with Gasteiger partial charge in [-0.25, -0.2) is 38.7 Å². The van der Waals surface area contributed by atoms with Crippen molar-refractivity contribution in [3.8, 4) is 0 Å². The zero-order valence-corrected chi connectivity index (χ0v) is 41.6. The van der Waals surface area contributed by atoms with E-state index < -0.39 is 125 Å². The molecule has 2 unspecified atom stereocenters. The molecule has 14 N–H and O–H groups in total. The molecule has 0 saturated carbocycles. The van der Waals surface area contributed by atoms with Crippen molar-refractivity contribution >= 4 is 79.4 Å². The van der Waals surface area contributed by atoms with Gasteiger partial charge in [-0.15, -0.1) is 0 Å². The Bertz CT molecular complexity index is 3070. The second-order valence-electron chi connectivity index (χ2n) is 17.5. The number of carbonyl (C=O) groups is 4. The Kier molecular flexibility index (Phi) is 16.6. The molecule has 8 rings (SSSR count). The van der Waals surface area contributed by atoms with Crippen LogP contribution in [0, 0.1) is 5.92 Å². The number of ether oxygens (including phenoxy) is 3. The Labute approximate surface area is 422 Å². The van der Waals surface area contributed by atoms with Gasteiger partial charge < -0.3 is 66.9 Å². The summed E-state index contributed by atoms with van der Waals surface area (Å²) < 4.78 is 67.6. The minimum atomic E-state index is -5.30. The summed E-state index contributed by atoms with van der Waals surface area (Å²) in [6.07, 6.45) is -10.9. The van der Waals surface area contributed by atoms with E-state index in [-0.39, 0.29) is 53.6 Å². The van der Waals surface area contributed by atoms with Gasteiger partial charge in [0.25, 0.3) is 5.56 Å². The number of aliphatic hydroxyl groups is 2. The van der Waals surface area contributed by atoms with Crippen LogP contribution in [0.2, 0.25) is 0 Å². The molecule has 3 aliphatic rings. The van der Waals surface area contributed by atoms with Gasteiger partial charge in [-0.05, 0) is 43.5 Å². The fraction of sp³-hybridized carbons (Fsp3) is 0.500. The Morgan fingerprint density at radius 1 is 0.867 bits per heavy atom. The minimum absolute atomic E-state index is 0.00309. The number of fused-ring (bicyclic) bond motifs is 5. The second kappa shape index (κ2) is 22.7. The van der Waals surface area contributed by atoms with Crippen molar-refractivity contribution in [3.63, 3.8) is 0 Å². The number of nitrogens with two attached hydrogens (primary N) is 2. The van der Waals surface area contributed by atoms with E-state index in [2.05, 4.69) is 56.5 Å². The van der Waals surface area contributed by atoms with Crippen LogP contribution in [0.3, 0.4) is 0 Å². The number of H-pyrrole nitrogens is 1. The SMILES string of the molecule is CN[C@H](C(=O)N[C@@H](CCCNC(N)=O)C(=O)Nc1ccc(COC(=O)Nc2nc3c(ncn3[C@@H]3O[C@@H]4COP(=O)(O)O[C@H]5[C@@H](O)[C@H](n6cnc7c(N)ncnc76)O[C@@H]5COP(=O)(O)O[C@@H]3[C@@H]4O)c(=O)[nH]2)cc1)C(C)C. The number of rotatable bonds is 15.